The minimum atomic E-state index is -3.92. The van der Waals surface area contributed by atoms with Crippen molar-refractivity contribution in [2.75, 3.05) is 17.3 Å². The average Bonchev–Trinajstić information content (AvgIpc) is 2.99. The quantitative estimate of drug-likeness (QED) is 0.513. The van der Waals surface area contributed by atoms with Gasteiger partial charge in [0.15, 0.2) is 0 Å². The first-order valence-electron chi connectivity index (χ1n) is 13.0. The normalized spacial score (nSPS) is 20.1. The highest BCUT2D eigenvalue weighted by Crippen LogP contribution is 2.38. The topological polar surface area (TPSA) is 137 Å². The molecule has 4 amide bonds. The molecule has 2 aliphatic rings. The van der Waals surface area contributed by atoms with E-state index in [0.717, 1.165) is 37.7 Å². The van der Waals surface area contributed by atoms with Crippen LogP contribution in [0.1, 0.15) is 68.8 Å². The first-order valence-corrected chi connectivity index (χ1v) is 14.5. The standard InChI is InChI=1S/C28H35N5O5S/c1-27(2,3)39(37,38)32-24(34)19-12-10-15-22(17-19)30-26(36)31-28(21-13-6-5-7-14-21)25(35)33(4)23-16-9-8-11-20(23)18-29-28/h8-12,15-18,21H,5-7,13-14H2,1-4H3,(H,32,34)(H2,30,31,36). The number of nitrogens with zero attached hydrogens (tertiary/aromatic N) is 2. The van der Waals surface area contributed by atoms with E-state index in [1.165, 1.54) is 43.9 Å². The van der Waals surface area contributed by atoms with Crippen molar-refractivity contribution in [2.45, 2.75) is 63.3 Å². The molecule has 1 fully saturated rings. The van der Waals surface area contributed by atoms with Crippen LogP contribution < -0.4 is 20.3 Å². The van der Waals surface area contributed by atoms with Crippen molar-refractivity contribution >= 4 is 45.5 Å². The van der Waals surface area contributed by atoms with E-state index in [1.807, 2.05) is 24.3 Å². The van der Waals surface area contributed by atoms with Crippen molar-refractivity contribution in [3.63, 3.8) is 0 Å². The van der Waals surface area contributed by atoms with E-state index in [2.05, 4.69) is 15.4 Å². The Bertz CT molecular complexity index is 1410. The number of anilines is 2. The van der Waals surface area contributed by atoms with E-state index in [9.17, 15) is 22.8 Å². The van der Waals surface area contributed by atoms with Crippen molar-refractivity contribution < 1.29 is 22.8 Å². The van der Waals surface area contributed by atoms with Crippen molar-refractivity contribution in [3.05, 3.63) is 59.7 Å². The fourth-order valence-corrected chi connectivity index (χ4v) is 5.56. The third-order valence-electron chi connectivity index (χ3n) is 7.25. The number of carbonyl (C=O) groups excluding carboxylic acids is 3. The summed E-state index contributed by atoms with van der Waals surface area (Å²) in [5, 5.41) is 5.57. The van der Waals surface area contributed by atoms with Crippen LogP contribution in [0.5, 0.6) is 0 Å². The van der Waals surface area contributed by atoms with E-state index < -0.39 is 32.4 Å². The predicted molar refractivity (Wildman–Crippen MR) is 151 cm³/mol. The molecule has 0 radical (unpaired) electrons. The van der Waals surface area contributed by atoms with E-state index >= 15 is 0 Å². The van der Waals surface area contributed by atoms with Crippen LogP contribution >= 0.6 is 0 Å². The summed E-state index contributed by atoms with van der Waals surface area (Å²) >= 11 is 0. The van der Waals surface area contributed by atoms with Gasteiger partial charge in [-0.2, -0.15) is 0 Å². The molecule has 4 rings (SSSR count). The number of hydrogen-bond donors (Lipinski definition) is 3. The van der Waals surface area contributed by atoms with Crippen LogP contribution in [0.4, 0.5) is 16.2 Å². The number of aliphatic imine (C=N–C) groups is 1. The lowest BCUT2D eigenvalue weighted by atomic mass is 9.79. The molecular weight excluding hydrogens is 518 g/mol. The Morgan fingerprint density at radius 3 is 2.41 bits per heavy atom. The lowest BCUT2D eigenvalue weighted by Crippen LogP contribution is -2.63. The van der Waals surface area contributed by atoms with Gasteiger partial charge in [-0.25, -0.2) is 17.9 Å². The molecule has 1 aliphatic heterocycles. The minimum absolute atomic E-state index is 0.0568. The van der Waals surface area contributed by atoms with Crippen LogP contribution in [0, 0.1) is 5.92 Å². The maximum absolute atomic E-state index is 13.9. The Kier molecular flexibility index (Phi) is 7.83. The summed E-state index contributed by atoms with van der Waals surface area (Å²) in [6.45, 7) is 4.46. The molecule has 1 unspecified atom stereocenters. The summed E-state index contributed by atoms with van der Waals surface area (Å²) in [5.74, 6) is -1.33. The Labute approximate surface area is 229 Å². The third-order valence-corrected chi connectivity index (χ3v) is 9.32. The molecule has 10 nitrogen and oxygen atoms in total. The van der Waals surface area contributed by atoms with Gasteiger partial charge in [-0.3, -0.25) is 14.6 Å². The van der Waals surface area contributed by atoms with Gasteiger partial charge >= 0.3 is 6.03 Å². The fourth-order valence-electron chi connectivity index (χ4n) is 4.89. The number of sulfonamides is 1. The number of nitrogens with one attached hydrogen (secondary N) is 3. The summed E-state index contributed by atoms with van der Waals surface area (Å²) in [4.78, 5) is 46.2. The van der Waals surface area contributed by atoms with Gasteiger partial charge in [0.1, 0.15) is 0 Å². The smallest absolute Gasteiger partial charge is 0.311 e. The lowest BCUT2D eigenvalue weighted by molar-refractivity contribution is -0.126. The Morgan fingerprint density at radius 2 is 1.72 bits per heavy atom. The van der Waals surface area contributed by atoms with Crippen LogP contribution in [0.15, 0.2) is 53.5 Å². The molecular formula is C28H35N5O5S. The zero-order chi connectivity index (χ0) is 28.4. The Morgan fingerprint density at radius 1 is 1.03 bits per heavy atom. The number of para-hydroxylation sites is 1. The molecule has 1 heterocycles. The van der Waals surface area contributed by atoms with E-state index in [1.54, 1.807) is 19.3 Å². The number of benzene rings is 2. The number of rotatable bonds is 5. The van der Waals surface area contributed by atoms with Gasteiger partial charge in [0.25, 0.3) is 11.8 Å². The Hall–Kier alpha value is -3.73. The van der Waals surface area contributed by atoms with Crippen molar-refractivity contribution in [3.8, 4) is 0 Å². The molecule has 2 aromatic carbocycles. The van der Waals surface area contributed by atoms with Gasteiger partial charge in [-0.15, -0.1) is 0 Å². The highest BCUT2D eigenvalue weighted by molar-refractivity contribution is 7.91. The van der Waals surface area contributed by atoms with Crippen LogP contribution in [-0.4, -0.2) is 49.9 Å². The summed E-state index contributed by atoms with van der Waals surface area (Å²) in [6, 6.07) is 12.7. The van der Waals surface area contributed by atoms with Gasteiger partial charge in [-0.1, -0.05) is 43.5 Å². The summed E-state index contributed by atoms with van der Waals surface area (Å²) < 4.78 is 25.7. The van der Waals surface area contributed by atoms with E-state index in [0.29, 0.717) is 5.69 Å². The van der Waals surface area contributed by atoms with Gasteiger partial charge in [0.05, 0.1) is 10.4 Å². The second-order valence-electron chi connectivity index (χ2n) is 11.0. The molecule has 208 valence electrons. The molecule has 1 atom stereocenters. The number of urea groups is 1. The van der Waals surface area contributed by atoms with Crippen LogP contribution in [0.3, 0.4) is 0 Å². The third kappa shape index (κ3) is 5.83. The molecule has 11 heteroatoms. The summed E-state index contributed by atoms with van der Waals surface area (Å²) in [6.07, 6.45) is 6.06. The zero-order valence-electron chi connectivity index (χ0n) is 22.7. The number of hydrogen-bond acceptors (Lipinski definition) is 6. The average molecular weight is 554 g/mol. The maximum Gasteiger partial charge on any atom is 0.321 e. The van der Waals surface area contributed by atoms with Crippen LogP contribution in [-0.2, 0) is 14.8 Å². The highest BCUT2D eigenvalue weighted by Gasteiger charge is 2.49. The molecule has 0 spiro atoms. The zero-order valence-corrected chi connectivity index (χ0v) is 23.5. The summed E-state index contributed by atoms with van der Waals surface area (Å²) in [5.41, 5.74) is 0.288. The molecule has 1 saturated carbocycles. The first-order chi connectivity index (χ1) is 18.3. The predicted octanol–water partition coefficient (Wildman–Crippen LogP) is 4.04. The van der Waals surface area contributed by atoms with E-state index in [4.69, 9.17) is 4.99 Å². The maximum atomic E-state index is 13.9. The van der Waals surface area contributed by atoms with Gasteiger partial charge in [0.2, 0.25) is 15.7 Å². The van der Waals surface area contributed by atoms with Crippen molar-refractivity contribution in [1.82, 2.24) is 10.0 Å². The second kappa shape index (κ2) is 10.8. The summed E-state index contributed by atoms with van der Waals surface area (Å²) in [7, 11) is -2.23. The largest absolute Gasteiger partial charge is 0.321 e. The van der Waals surface area contributed by atoms with Crippen LogP contribution in [0.25, 0.3) is 0 Å². The second-order valence-corrected chi connectivity index (χ2v) is 13.4. The number of carbonyl (C=O) groups is 3. The van der Waals surface area contributed by atoms with E-state index in [-0.39, 0.29) is 23.1 Å². The van der Waals surface area contributed by atoms with Crippen LogP contribution in [0.2, 0.25) is 0 Å². The molecule has 2 aromatic rings. The molecule has 3 N–H and O–H groups in total. The van der Waals surface area contributed by atoms with Crippen molar-refractivity contribution in [2.24, 2.45) is 10.9 Å². The number of benzodiazepines with no additional fused rings is 1. The number of fused-ring (bicyclic) bond motifs is 1. The van der Waals surface area contributed by atoms with Gasteiger partial charge in [-0.05, 0) is 57.9 Å². The number of amides is 4. The Balaban J connectivity index is 1.59. The van der Waals surface area contributed by atoms with Gasteiger partial charge in [0, 0.05) is 36.0 Å². The first kappa shape index (κ1) is 28.3. The molecule has 39 heavy (non-hydrogen) atoms. The molecule has 0 bridgehead atoms. The highest BCUT2D eigenvalue weighted by atomic mass is 32.2. The SMILES string of the molecule is CN1C(=O)C(NC(=O)Nc2cccc(C(=O)NS(=O)(=O)C(C)(C)C)c2)(C2CCCCC2)N=Cc2ccccc21. The fraction of sp³-hybridized carbons (Fsp3) is 0.429. The molecule has 0 saturated heterocycles. The van der Waals surface area contributed by atoms with Gasteiger partial charge < -0.3 is 15.5 Å². The number of likely N-dealkylation sites (N-methyl/N-ethyl adjacent to an activating group) is 1. The lowest BCUT2D eigenvalue weighted by Gasteiger charge is -2.40. The van der Waals surface area contributed by atoms with Crippen molar-refractivity contribution in [1.29, 1.82) is 0 Å². The minimum Gasteiger partial charge on any atom is -0.311 e. The molecule has 0 aromatic heterocycles. The monoisotopic (exact) mass is 553 g/mol. The molecule has 1 aliphatic carbocycles.